The third-order valence-electron chi connectivity index (χ3n) is 1.23. The Bertz CT molecular complexity index is 73.5. The van der Waals surface area contributed by atoms with Crippen molar-refractivity contribution in [2.75, 3.05) is 13.2 Å². The van der Waals surface area contributed by atoms with Gasteiger partial charge in [0.15, 0.2) is 0 Å². The van der Waals surface area contributed by atoms with Gasteiger partial charge in [0.25, 0.3) is 0 Å². The monoisotopic (exact) mass is 132 g/mol. The Balaban J connectivity index is 3.33. The summed E-state index contributed by atoms with van der Waals surface area (Å²) in [5.74, 6) is 0. The van der Waals surface area contributed by atoms with Crippen LogP contribution in [0.3, 0.4) is 0 Å². The molecule has 0 fully saturated rings. The molecule has 0 saturated heterocycles. The predicted molar refractivity (Wildman–Crippen MR) is 37.9 cm³/mol. The molecule has 0 heterocycles. The molecule has 0 atom stereocenters. The van der Waals surface area contributed by atoms with Crippen LogP contribution in [0.5, 0.6) is 0 Å². The quantitative estimate of drug-likeness (QED) is 0.531. The average Bonchev–Trinajstić information content (AvgIpc) is 1.84. The molecule has 3 nitrogen and oxygen atoms in total. The summed E-state index contributed by atoms with van der Waals surface area (Å²) in [5, 5.41) is 0. The first kappa shape index (κ1) is 8.88. The first-order valence-electron chi connectivity index (χ1n) is 3.28. The van der Waals surface area contributed by atoms with Crippen LogP contribution >= 0.6 is 0 Å². The second-order valence-electron chi connectivity index (χ2n) is 2.22. The van der Waals surface area contributed by atoms with Gasteiger partial charge in [0.05, 0.1) is 12.3 Å². The lowest BCUT2D eigenvalue weighted by atomic mass is 10.1. The molecule has 0 aliphatic heterocycles. The van der Waals surface area contributed by atoms with Crippen LogP contribution in [-0.4, -0.2) is 18.9 Å². The third kappa shape index (κ3) is 4.39. The van der Waals surface area contributed by atoms with E-state index < -0.39 is 5.66 Å². The second-order valence-corrected chi connectivity index (χ2v) is 2.22. The van der Waals surface area contributed by atoms with Crippen LogP contribution in [0.4, 0.5) is 0 Å². The molecule has 0 unspecified atom stereocenters. The van der Waals surface area contributed by atoms with Gasteiger partial charge in [0.1, 0.15) is 0 Å². The van der Waals surface area contributed by atoms with Crippen molar-refractivity contribution in [2.45, 2.75) is 25.9 Å². The van der Waals surface area contributed by atoms with Crippen molar-refractivity contribution in [1.82, 2.24) is 0 Å². The van der Waals surface area contributed by atoms with Gasteiger partial charge in [-0.15, -0.1) is 0 Å². The van der Waals surface area contributed by atoms with Crippen LogP contribution in [0.15, 0.2) is 0 Å². The van der Waals surface area contributed by atoms with Gasteiger partial charge in [0, 0.05) is 6.61 Å². The summed E-state index contributed by atoms with van der Waals surface area (Å²) < 4.78 is 5.04. The van der Waals surface area contributed by atoms with Crippen LogP contribution in [0.2, 0.25) is 0 Å². The SMILES string of the molecule is CCOCC(N)(N)CC. The highest BCUT2D eigenvalue weighted by molar-refractivity contribution is 4.72. The predicted octanol–water partition coefficient (Wildman–Crippen LogP) is 0.0466. The van der Waals surface area contributed by atoms with Gasteiger partial charge in [0.2, 0.25) is 0 Å². The van der Waals surface area contributed by atoms with Gasteiger partial charge in [-0.05, 0) is 13.3 Å². The van der Waals surface area contributed by atoms with Crippen LogP contribution < -0.4 is 11.5 Å². The minimum absolute atomic E-state index is 0.444. The first-order chi connectivity index (χ1) is 4.12. The van der Waals surface area contributed by atoms with Crippen molar-refractivity contribution in [1.29, 1.82) is 0 Å². The molecule has 3 heteroatoms. The maximum atomic E-state index is 5.55. The van der Waals surface area contributed by atoms with Gasteiger partial charge in [-0.3, -0.25) is 0 Å². The average molecular weight is 132 g/mol. The maximum absolute atomic E-state index is 5.55. The summed E-state index contributed by atoms with van der Waals surface area (Å²) in [6.45, 7) is 4.99. The van der Waals surface area contributed by atoms with E-state index in [9.17, 15) is 0 Å². The maximum Gasteiger partial charge on any atom is 0.0874 e. The van der Waals surface area contributed by atoms with Gasteiger partial charge in [-0.1, -0.05) is 6.92 Å². The molecular weight excluding hydrogens is 116 g/mol. The van der Waals surface area contributed by atoms with Crippen LogP contribution in [0.1, 0.15) is 20.3 Å². The molecule has 0 aliphatic rings. The Hall–Kier alpha value is -0.120. The Morgan fingerprint density at radius 3 is 2.22 bits per heavy atom. The van der Waals surface area contributed by atoms with Gasteiger partial charge in [-0.25, -0.2) is 0 Å². The summed E-state index contributed by atoms with van der Waals surface area (Å²) in [6, 6.07) is 0. The van der Waals surface area contributed by atoms with Crippen LogP contribution in [0.25, 0.3) is 0 Å². The first-order valence-corrected chi connectivity index (χ1v) is 3.28. The van der Waals surface area contributed by atoms with Crippen molar-refractivity contribution in [3.63, 3.8) is 0 Å². The fourth-order valence-electron chi connectivity index (χ4n) is 0.394. The molecule has 0 radical (unpaired) electrons. The Morgan fingerprint density at radius 2 is 1.89 bits per heavy atom. The molecule has 0 saturated carbocycles. The molecule has 4 N–H and O–H groups in total. The van der Waals surface area contributed by atoms with Crippen LogP contribution in [0, 0.1) is 0 Å². The lowest BCUT2D eigenvalue weighted by Crippen LogP contribution is -2.52. The molecule has 0 spiro atoms. The van der Waals surface area contributed by atoms with Crippen molar-refractivity contribution in [3.8, 4) is 0 Å². The smallest absolute Gasteiger partial charge is 0.0874 e. The lowest BCUT2D eigenvalue weighted by Gasteiger charge is -2.21. The van der Waals surface area contributed by atoms with E-state index in [-0.39, 0.29) is 0 Å². The molecular formula is C6H16N2O. The van der Waals surface area contributed by atoms with Gasteiger partial charge < -0.3 is 16.2 Å². The van der Waals surface area contributed by atoms with Gasteiger partial charge >= 0.3 is 0 Å². The standard InChI is InChI=1S/C6H16N2O/c1-3-6(7,8)5-9-4-2/h3-5,7-8H2,1-2H3. The lowest BCUT2D eigenvalue weighted by molar-refractivity contribution is 0.0949. The third-order valence-corrected chi connectivity index (χ3v) is 1.23. The fraction of sp³-hybridized carbons (Fsp3) is 1.00. The minimum atomic E-state index is -0.629. The van der Waals surface area contributed by atoms with E-state index in [4.69, 9.17) is 16.2 Å². The highest BCUT2D eigenvalue weighted by Crippen LogP contribution is 1.96. The summed E-state index contributed by atoms with van der Waals surface area (Å²) in [4.78, 5) is 0. The molecule has 0 aromatic carbocycles. The normalized spacial score (nSPS) is 12.0. The van der Waals surface area contributed by atoms with E-state index >= 15 is 0 Å². The zero-order valence-electron chi connectivity index (χ0n) is 6.18. The van der Waals surface area contributed by atoms with E-state index in [2.05, 4.69) is 0 Å². The molecule has 0 bridgehead atoms. The zero-order valence-corrected chi connectivity index (χ0v) is 6.18. The van der Waals surface area contributed by atoms with Crippen molar-refractivity contribution < 1.29 is 4.74 Å². The van der Waals surface area contributed by atoms with E-state index in [1.807, 2.05) is 13.8 Å². The molecule has 0 aliphatic carbocycles. The minimum Gasteiger partial charge on any atom is -0.378 e. The van der Waals surface area contributed by atoms with Crippen molar-refractivity contribution >= 4 is 0 Å². The highest BCUT2D eigenvalue weighted by Gasteiger charge is 2.14. The van der Waals surface area contributed by atoms with Crippen molar-refractivity contribution in [2.24, 2.45) is 11.5 Å². The summed E-state index contributed by atoms with van der Waals surface area (Å²) >= 11 is 0. The van der Waals surface area contributed by atoms with E-state index in [0.29, 0.717) is 13.2 Å². The van der Waals surface area contributed by atoms with E-state index in [0.717, 1.165) is 6.42 Å². The summed E-state index contributed by atoms with van der Waals surface area (Å²) in [5.41, 5.74) is 10.5. The highest BCUT2D eigenvalue weighted by atomic mass is 16.5. The van der Waals surface area contributed by atoms with Crippen LogP contribution in [-0.2, 0) is 4.74 Å². The Morgan fingerprint density at radius 1 is 1.33 bits per heavy atom. The number of rotatable bonds is 4. The number of ether oxygens (including phenoxy) is 1. The van der Waals surface area contributed by atoms with E-state index in [1.165, 1.54) is 0 Å². The molecule has 0 rings (SSSR count). The molecule has 0 amide bonds. The Kier molecular flexibility index (Phi) is 3.77. The molecule has 0 aromatic heterocycles. The number of nitrogens with two attached hydrogens (primary N) is 2. The molecule has 56 valence electrons. The summed E-state index contributed by atoms with van der Waals surface area (Å²) in [7, 11) is 0. The molecule has 9 heavy (non-hydrogen) atoms. The van der Waals surface area contributed by atoms with Gasteiger partial charge in [-0.2, -0.15) is 0 Å². The Labute approximate surface area is 56.4 Å². The van der Waals surface area contributed by atoms with E-state index in [1.54, 1.807) is 0 Å². The number of hydrogen-bond donors (Lipinski definition) is 2. The zero-order chi connectivity index (χ0) is 7.33. The molecule has 0 aromatic rings. The summed E-state index contributed by atoms with van der Waals surface area (Å²) in [6.07, 6.45) is 0.743. The van der Waals surface area contributed by atoms with Crippen molar-refractivity contribution in [3.05, 3.63) is 0 Å². The largest absolute Gasteiger partial charge is 0.378 e. The number of hydrogen-bond acceptors (Lipinski definition) is 3. The fourth-order valence-corrected chi connectivity index (χ4v) is 0.394. The second kappa shape index (κ2) is 3.82. The topological polar surface area (TPSA) is 61.3 Å².